The van der Waals surface area contributed by atoms with Crippen molar-refractivity contribution < 1.29 is 36.5 Å². The molecular weight excluding hydrogens is 761 g/mol. The molecule has 4 aliphatic heterocycles. The standard InChI is InChI=1S/C34H30BrF5N7O3S/c1-4-27(48)47-17(2)12-43(13-18(47)3)31-21-9-22(34(38,39)40)28(20-10-23(35)25(37)11-24(20)36)30-29(21)45(32(49)41-31)14-19(16-51-30)15-46-33(50)44-8-6-5-7-26(44)42-46/h4-11,15,17-19,27,48H,1,12-14,16H2,2-3H3/q+1/b46-15+/t17-,18+,19?,27?. The topological polar surface area (TPSA) is 97.3 Å². The van der Waals surface area contributed by atoms with Gasteiger partial charge in [0.2, 0.25) is 0 Å². The molecule has 2 unspecified atom stereocenters. The lowest BCUT2D eigenvalue weighted by Crippen LogP contribution is -2.60. The van der Waals surface area contributed by atoms with Gasteiger partial charge in [-0.3, -0.25) is 9.47 Å². The number of piperazine rings is 1. The molecular formula is C34H30BrF5N7O3S+. The van der Waals surface area contributed by atoms with Gasteiger partial charge in [-0.2, -0.15) is 22.9 Å². The molecule has 4 atom stereocenters. The highest BCUT2D eigenvalue weighted by atomic mass is 79.9. The number of hydrogen-bond donors (Lipinski definition) is 1. The van der Waals surface area contributed by atoms with Gasteiger partial charge in [0.05, 0.1) is 15.6 Å². The van der Waals surface area contributed by atoms with Crippen molar-refractivity contribution in [3.63, 3.8) is 0 Å². The molecule has 1 saturated heterocycles. The minimum absolute atomic E-state index is 0.0105. The molecule has 1 aromatic heterocycles. The molecule has 0 spiro atoms. The average molecular weight is 792 g/mol. The van der Waals surface area contributed by atoms with Crippen molar-refractivity contribution in [3.05, 3.63) is 87.4 Å². The summed E-state index contributed by atoms with van der Waals surface area (Å²) in [4.78, 5) is 36.3. The third-order valence-corrected chi connectivity index (χ3v) is 11.1. The number of amides is 2. The Morgan fingerprint density at radius 2 is 1.82 bits per heavy atom. The Labute approximate surface area is 300 Å². The number of aromatic nitrogens is 2. The van der Waals surface area contributed by atoms with Gasteiger partial charge in [0.15, 0.2) is 0 Å². The number of carbonyl (C=O) groups excluding carboxylic acids is 1. The van der Waals surface area contributed by atoms with Crippen LogP contribution < -0.4 is 10.6 Å². The van der Waals surface area contributed by atoms with Crippen molar-refractivity contribution >= 4 is 62.5 Å². The lowest BCUT2D eigenvalue weighted by molar-refractivity contribution is -0.426. The van der Waals surface area contributed by atoms with E-state index in [9.17, 15) is 19.1 Å². The van der Waals surface area contributed by atoms with Crippen LogP contribution in [0.25, 0.3) is 22.0 Å². The monoisotopic (exact) mass is 790 g/mol. The number of halogens is 6. The van der Waals surface area contributed by atoms with E-state index in [4.69, 9.17) is 0 Å². The number of allylic oxidation sites excluding steroid dienone is 2. The number of rotatable bonds is 5. The Morgan fingerprint density at radius 3 is 2.49 bits per heavy atom. The highest BCUT2D eigenvalue weighted by molar-refractivity contribution is 9.10. The van der Waals surface area contributed by atoms with Crippen LogP contribution in [0.1, 0.15) is 19.4 Å². The molecule has 7 rings (SSSR count). The van der Waals surface area contributed by atoms with Crippen molar-refractivity contribution in [2.75, 3.05) is 23.7 Å². The van der Waals surface area contributed by atoms with Crippen molar-refractivity contribution in [2.45, 2.75) is 49.8 Å². The van der Waals surface area contributed by atoms with Gasteiger partial charge < -0.3 is 10.0 Å². The van der Waals surface area contributed by atoms with Crippen LogP contribution >= 0.6 is 27.7 Å². The summed E-state index contributed by atoms with van der Waals surface area (Å²) in [5.41, 5.74) is -2.91. The molecule has 5 heterocycles. The van der Waals surface area contributed by atoms with Crippen molar-refractivity contribution in [2.24, 2.45) is 11.0 Å². The number of alkyl halides is 3. The molecule has 1 fully saturated rings. The van der Waals surface area contributed by atoms with Crippen LogP contribution in [0.3, 0.4) is 0 Å². The fourth-order valence-electron chi connectivity index (χ4n) is 7.11. The van der Waals surface area contributed by atoms with E-state index in [0.717, 1.165) is 28.6 Å². The van der Waals surface area contributed by atoms with Crippen LogP contribution in [0.15, 0.2) is 74.5 Å². The predicted molar refractivity (Wildman–Crippen MR) is 187 cm³/mol. The second kappa shape index (κ2) is 13.1. The first-order valence-electron chi connectivity index (χ1n) is 15.9. The molecule has 3 aromatic rings. The van der Waals surface area contributed by atoms with Crippen LogP contribution in [0.2, 0.25) is 0 Å². The van der Waals surface area contributed by atoms with Gasteiger partial charge in [-0.1, -0.05) is 17.3 Å². The Bertz CT molecular complexity index is 2170. The van der Waals surface area contributed by atoms with Crippen LogP contribution in [0.4, 0.5) is 32.6 Å². The lowest BCUT2D eigenvalue weighted by atomic mass is 9.95. The van der Waals surface area contributed by atoms with Crippen molar-refractivity contribution in [3.8, 4) is 11.1 Å². The minimum Gasteiger partial charge on any atom is -0.375 e. The summed E-state index contributed by atoms with van der Waals surface area (Å²) in [6.07, 6.45) is 3.47. The molecule has 2 amide bonds. The number of thioether (sulfide) groups is 1. The third kappa shape index (κ3) is 6.13. The van der Waals surface area contributed by atoms with E-state index >= 15 is 17.6 Å². The summed E-state index contributed by atoms with van der Waals surface area (Å²) in [5, 5.41) is 14.9. The number of aliphatic hydroxyl groups excluding tert-OH is 1. The number of benzene rings is 2. The first-order chi connectivity index (χ1) is 24.2. The first-order valence-corrected chi connectivity index (χ1v) is 17.7. The number of nitrogens with zero attached hydrogens (tertiary/aromatic N) is 7. The summed E-state index contributed by atoms with van der Waals surface area (Å²) in [5.74, 6) is -2.40. The Hall–Kier alpha value is -4.19. The van der Waals surface area contributed by atoms with E-state index < -0.39 is 58.4 Å². The molecule has 0 aliphatic carbocycles. The molecule has 10 nitrogen and oxygen atoms in total. The van der Waals surface area contributed by atoms with E-state index in [1.165, 1.54) is 21.8 Å². The molecule has 4 aliphatic rings. The second-order valence-corrected chi connectivity index (χ2v) is 14.6. The first kappa shape index (κ1) is 35.2. The highest BCUT2D eigenvalue weighted by Gasteiger charge is 2.42. The number of hydrazone groups is 1. The summed E-state index contributed by atoms with van der Waals surface area (Å²) in [7, 11) is 0. The smallest absolute Gasteiger partial charge is 0.375 e. The van der Waals surface area contributed by atoms with Gasteiger partial charge >= 0.3 is 17.9 Å². The zero-order valence-electron chi connectivity index (χ0n) is 27.1. The molecule has 51 heavy (non-hydrogen) atoms. The maximum Gasteiger partial charge on any atom is 0.529 e. The zero-order valence-corrected chi connectivity index (χ0v) is 29.5. The quantitative estimate of drug-likeness (QED) is 0.143. The number of carbonyl (C=O) groups is 1. The molecule has 17 heteroatoms. The largest absolute Gasteiger partial charge is 0.529 e. The lowest BCUT2D eigenvalue weighted by Gasteiger charge is -2.46. The number of fused-ring (bicyclic) bond motifs is 1. The van der Waals surface area contributed by atoms with Crippen LogP contribution in [-0.4, -0.2) is 84.4 Å². The predicted octanol–water partition coefficient (Wildman–Crippen LogP) is 6.16. The molecule has 0 saturated carbocycles. The molecule has 0 bridgehead atoms. The summed E-state index contributed by atoms with van der Waals surface area (Å²) < 4.78 is 77.6. The highest BCUT2D eigenvalue weighted by Crippen LogP contribution is 2.49. The Kier molecular flexibility index (Phi) is 9.04. The minimum atomic E-state index is -5.01. The molecule has 0 radical (unpaired) electrons. The van der Waals surface area contributed by atoms with E-state index in [0.29, 0.717) is 11.9 Å². The van der Waals surface area contributed by atoms with Gasteiger partial charge in [-0.15, -0.1) is 16.7 Å². The number of amidine groups is 1. The van der Waals surface area contributed by atoms with E-state index in [1.807, 2.05) is 13.8 Å². The number of aliphatic hydroxyl groups is 1. The fraction of sp³-hybridized carbons (Fsp3) is 0.324. The number of hydrogen-bond acceptors (Lipinski definition) is 8. The normalized spacial score (nSPS) is 23.5. The van der Waals surface area contributed by atoms with Crippen LogP contribution in [0.5, 0.6) is 0 Å². The maximum absolute atomic E-state index is 15.6. The molecule has 2 aromatic carbocycles. The Morgan fingerprint density at radius 1 is 1.10 bits per heavy atom. The summed E-state index contributed by atoms with van der Waals surface area (Å²) >= 11 is 3.96. The average Bonchev–Trinajstić information content (AvgIpc) is 3.25. The maximum atomic E-state index is 15.6. The summed E-state index contributed by atoms with van der Waals surface area (Å²) in [6.45, 7) is 7.66. The number of anilines is 1. The number of urea groups is 1. The fourth-order valence-corrected chi connectivity index (χ4v) is 8.74. The van der Waals surface area contributed by atoms with Crippen LogP contribution in [-0.2, 0) is 12.7 Å². The third-order valence-electron chi connectivity index (χ3n) is 9.25. The molecule has 266 valence electrons. The molecule has 1 N–H and O–H groups in total. The SMILES string of the molecule is C=CC(O)N1[C@H](C)CN(c2nc(=O)n3c4c(c(-c5cc(Br)c(F)cc5F)c(C(F)(F)F)cc24)SCC(/C=[N+]2/N=C4C=CC=CN4C2=O)C3)C[C@@H]1C. The van der Waals surface area contributed by atoms with Crippen molar-refractivity contribution in [1.82, 2.24) is 19.4 Å². The second-order valence-electron chi connectivity index (χ2n) is 12.7. The van der Waals surface area contributed by atoms with Gasteiger partial charge in [0.1, 0.15) is 36.1 Å². The van der Waals surface area contributed by atoms with Crippen LogP contribution in [0, 0.1) is 17.6 Å². The Balaban J connectivity index is 1.46. The van der Waals surface area contributed by atoms with Gasteiger partial charge in [-0.25, -0.2) is 13.6 Å². The van der Waals surface area contributed by atoms with E-state index in [1.54, 1.807) is 34.2 Å². The van der Waals surface area contributed by atoms with E-state index in [2.05, 4.69) is 32.6 Å². The van der Waals surface area contributed by atoms with Gasteiger partial charge in [0.25, 0.3) is 5.84 Å². The zero-order chi connectivity index (χ0) is 36.5. The van der Waals surface area contributed by atoms with E-state index in [-0.39, 0.29) is 63.6 Å². The summed E-state index contributed by atoms with van der Waals surface area (Å²) in [6, 6.07) is 1.22. The van der Waals surface area contributed by atoms with Gasteiger partial charge in [0, 0.05) is 76.9 Å². The van der Waals surface area contributed by atoms with Gasteiger partial charge in [-0.05, 0) is 59.2 Å². The van der Waals surface area contributed by atoms with Crippen molar-refractivity contribution in [1.29, 1.82) is 0 Å².